The van der Waals surface area contributed by atoms with Crippen LogP contribution in [0.5, 0.6) is 0 Å². The Balaban J connectivity index is 2.25. The van der Waals surface area contributed by atoms with Crippen molar-refractivity contribution in [1.82, 2.24) is 0 Å². The van der Waals surface area contributed by atoms with Gasteiger partial charge in [-0.05, 0) is 37.1 Å². The second-order valence-electron chi connectivity index (χ2n) is 4.10. The van der Waals surface area contributed by atoms with Crippen molar-refractivity contribution in [2.75, 3.05) is 19.0 Å². The van der Waals surface area contributed by atoms with E-state index in [1.54, 1.807) is 7.11 Å². The van der Waals surface area contributed by atoms with E-state index in [4.69, 9.17) is 16.3 Å². The van der Waals surface area contributed by atoms with Gasteiger partial charge in [-0.1, -0.05) is 11.6 Å². The first kappa shape index (κ1) is 9.81. The van der Waals surface area contributed by atoms with Crippen LogP contribution in [0.2, 0.25) is 5.02 Å². The Kier molecular flexibility index (Phi) is 2.41. The highest BCUT2D eigenvalue weighted by Crippen LogP contribution is 2.33. The normalized spacial score (nSPS) is 24.5. The minimum atomic E-state index is 0.0156. The Morgan fingerprint density at radius 3 is 3.07 bits per heavy atom. The van der Waals surface area contributed by atoms with E-state index in [0.717, 1.165) is 11.4 Å². The number of halogens is 1. The molecule has 1 aliphatic rings. The number of benzene rings is 1. The lowest BCUT2D eigenvalue weighted by molar-refractivity contribution is 0.153. The molecule has 0 spiro atoms. The molecule has 3 heteroatoms. The monoisotopic (exact) mass is 211 g/mol. The van der Waals surface area contributed by atoms with E-state index in [9.17, 15) is 0 Å². The van der Waals surface area contributed by atoms with Crippen LogP contribution in [0.25, 0.3) is 0 Å². The van der Waals surface area contributed by atoms with Crippen LogP contribution in [-0.4, -0.2) is 19.3 Å². The van der Waals surface area contributed by atoms with Crippen LogP contribution in [0.1, 0.15) is 12.5 Å². The number of nitrogens with one attached hydrogen (secondary N) is 1. The molecule has 1 atom stereocenters. The Morgan fingerprint density at radius 1 is 1.57 bits per heavy atom. The van der Waals surface area contributed by atoms with Crippen LogP contribution in [0, 0.1) is 0 Å². The second-order valence-corrected chi connectivity index (χ2v) is 4.53. The topological polar surface area (TPSA) is 21.3 Å². The van der Waals surface area contributed by atoms with Gasteiger partial charge in [0.25, 0.3) is 0 Å². The van der Waals surface area contributed by atoms with Crippen LogP contribution in [-0.2, 0) is 11.2 Å². The van der Waals surface area contributed by atoms with Gasteiger partial charge < -0.3 is 10.1 Å². The molecule has 1 N–H and O–H groups in total. The maximum atomic E-state index is 5.93. The van der Waals surface area contributed by atoms with Gasteiger partial charge in [-0.25, -0.2) is 0 Å². The summed E-state index contributed by atoms with van der Waals surface area (Å²) in [5.74, 6) is 0. The summed E-state index contributed by atoms with van der Waals surface area (Å²) < 4.78 is 5.19. The summed E-state index contributed by atoms with van der Waals surface area (Å²) in [5, 5.41) is 4.25. The van der Waals surface area contributed by atoms with Crippen LogP contribution < -0.4 is 5.32 Å². The SMILES string of the molecule is COCC1(C)Cc2cc(Cl)ccc2N1. The van der Waals surface area contributed by atoms with Gasteiger partial charge >= 0.3 is 0 Å². The summed E-state index contributed by atoms with van der Waals surface area (Å²) in [5.41, 5.74) is 2.47. The molecule has 1 unspecified atom stereocenters. The zero-order valence-electron chi connectivity index (χ0n) is 8.43. The molecule has 1 aliphatic heterocycles. The Hall–Kier alpha value is -0.730. The molecule has 2 rings (SSSR count). The molecule has 0 radical (unpaired) electrons. The molecule has 0 bridgehead atoms. The molecule has 0 fully saturated rings. The molecule has 14 heavy (non-hydrogen) atoms. The fourth-order valence-electron chi connectivity index (χ4n) is 2.03. The highest BCUT2D eigenvalue weighted by molar-refractivity contribution is 6.30. The zero-order chi connectivity index (χ0) is 10.2. The van der Waals surface area contributed by atoms with Crippen LogP contribution >= 0.6 is 11.6 Å². The smallest absolute Gasteiger partial charge is 0.0693 e. The lowest BCUT2D eigenvalue weighted by Crippen LogP contribution is -2.37. The van der Waals surface area contributed by atoms with Crippen molar-refractivity contribution in [3.05, 3.63) is 28.8 Å². The fraction of sp³-hybridized carbons (Fsp3) is 0.455. The van der Waals surface area contributed by atoms with E-state index in [1.165, 1.54) is 11.3 Å². The van der Waals surface area contributed by atoms with Crippen molar-refractivity contribution < 1.29 is 4.74 Å². The predicted molar refractivity (Wildman–Crippen MR) is 59.1 cm³/mol. The molecule has 2 nitrogen and oxygen atoms in total. The summed E-state index contributed by atoms with van der Waals surface area (Å²) in [6.07, 6.45) is 0.969. The molecule has 0 aliphatic carbocycles. The molecule has 0 aromatic heterocycles. The minimum Gasteiger partial charge on any atom is -0.382 e. The van der Waals surface area contributed by atoms with Crippen molar-refractivity contribution in [3.8, 4) is 0 Å². The van der Waals surface area contributed by atoms with Crippen molar-refractivity contribution in [2.45, 2.75) is 18.9 Å². The summed E-state index contributed by atoms with van der Waals surface area (Å²) in [6, 6.07) is 5.95. The van der Waals surface area contributed by atoms with Gasteiger partial charge in [0.15, 0.2) is 0 Å². The number of hydrogen-bond acceptors (Lipinski definition) is 2. The highest BCUT2D eigenvalue weighted by atomic mass is 35.5. The third kappa shape index (κ3) is 1.72. The van der Waals surface area contributed by atoms with Crippen molar-refractivity contribution in [2.24, 2.45) is 0 Å². The van der Waals surface area contributed by atoms with E-state index in [1.807, 2.05) is 18.2 Å². The number of fused-ring (bicyclic) bond motifs is 1. The lowest BCUT2D eigenvalue weighted by atomic mass is 9.99. The quantitative estimate of drug-likeness (QED) is 0.812. The first-order valence-corrected chi connectivity index (χ1v) is 5.06. The zero-order valence-corrected chi connectivity index (χ0v) is 9.19. The average molecular weight is 212 g/mol. The minimum absolute atomic E-state index is 0.0156. The van der Waals surface area contributed by atoms with E-state index in [2.05, 4.69) is 12.2 Å². The average Bonchev–Trinajstić information content (AvgIpc) is 2.40. The molecule has 1 aromatic rings. The summed E-state index contributed by atoms with van der Waals surface area (Å²) in [6.45, 7) is 2.86. The molecular formula is C11H14ClNO. The van der Waals surface area contributed by atoms with Gasteiger partial charge in [-0.2, -0.15) is 0 Å². The highest BCUT2D eigenvalue weighted by Gasteiger charge is 2.31. The third-order valence-corrected chi connectivity index (χ3v) is 2.78. The molecule has 76 valence electrons. The van der Waals surface area contributed by atoms with Crippen molar-refractivity contribution in [3.63, 3.8) is 0 Å². The summed E-state index contributed by atoms with van der Waals surface area (Å²) in [4.78, 5) is 0. The van der Waals surface area contributed by atoms with Gasteiger partial charge in [0, 0.05) is 17.8 Å². The lowest BCUT2D eigenvalue weighted by Gasteiger charge is -2.23. The Bertz CT molecular complexity index is 353. The van der Waals surface area contributed by atoms with Gasteiger partial charge in [-0.3, -0.25) is 0 Å². The van der Waals surface area contributed by atoms with Crippen LogP contribution in [0.15, 0.2) is 18.2 Å². The summed E-state index contributed by atoms with van der Waals surface area (Å²) in [7, 11) is 1.73. The molecule has 0 amide bonds. The molecular weight excluding hydrogens is 198 g/mol. The predicted octanol–water partition coefficient (Wildman–Crippen LogP) is 2.71. The molecule has 0 saturated carbocycles. The van der Waals surface area contributed by atoms with Gasteiger partial charge in [-0.15, -0.1) is 0 Å². The standard InChI is InChI=1S/C11H14ClNO/c1-11(7-14-2)6-8-5-9(12)3-4-10(8)13-11/h3-5,13H,6-7H2,1-2H3. The van der Waals surface area contributed by atoms with Crippen LogP contribution in [0.3, 0.4) is 0 Å². The first-order valence-electron chi connectivity index (χ1n) is 4.68. The van der Waals surface area contributed by atoms with E-state index in [-0.39, 0.29) is 5.54 Å². The number of methoxy groups -OCH3 is 1. The number of hydrogen-bond donors (Lipinski definition) is 1. The molecule has 1 heterocycles. The summed E-state index contributed by atoms with van der Waals surface area (Å²) >= 11 is 5.93. The first-order chi connectivity index (χ1) is 6.63. The maximum absolute atomic E-state index is 5.93. The number of ether oxygens (including phenoxy) is 1. The Morgan fingerprint density at radius 2 is 2.36 bits per heavy atom. The Labute approximate surface area is 89.2 Å². The van der Waals surface area contributed by atoms with Gasteiger partial charge in [0.05, 0.1) is 12.1 Å². The van der Waals surface area contributed by atoms with Crippen LogP contribution in [0.4, 0.5) is 5.69 Å². The maximum Gasteiger partial charge on any atom is 0.0693 e. The van der Waals surface area contributed by atoms with Crippen molar-refractivity contribution in [1.29, 1.82) is 0 Å². The van der Waals surface area contributed by atoms with Gasteiger partial charge in [0.1, 0.15) is 0 Å². The number of rotatable bonds is 2. The molecule has 0 saturated heterocycles. The van der Waals surface area contributed by atoms with Crippen molar-refractivity contribution >= 4 is 17.3 Å². The molecule has 1 aromatic carbocycles. The third-order valence-electron chi connectivity index (χ3n) is 2.55. The van der Waals surface area contributed by atoms with Gasteiger partial charge in [0.2, 0.25) is 0 Å². The van der Waals surface area contributed by atoms with E-state index in [0.29, 0.717) is 6.61 Å². The number of anilines is 1. The second kappa shape index (κ2) is 3.44. The van der Waals surface area contributed by atoms with E-state index >= 15 is 0 Å². The van der Waals surface area contributed by atoms with E-state index < -0.39 is 0 Å². The fourth-order valence-corrected chi connectivity index (χ4v) is 2.22. The largest absolute Gasteiger partial charge is 0.382 e.